The van der Waals surface area contributed by atoms with Crippen LogP contribution in [0.4, 0.5) is 4.79 Å². The highest BCUT2D eigenvalue weighted by Crippen LogP contribution is 2.19. The number of hydroxylamine groups is 1. The van der Waals surface area contributed by atoms with E-state index in [1.165, 1.54) is 13.5 Å². The van der Waals surface area contributed by atoms with Crippen LogP contribution in [0.2, 0.25) is 0 Å². The first-order valence-corrected chi connectivity index (χ1v) is 4.89. The van der Waals surface area contributed by atoms with E-state index in [0.717, 1.165) is 25.8 Å². The number of carbonyl (C=O) groups is 1. The molecule has 1 aliphatic heterocycles. The molecule has 1 unspecified atom stereocenters. The first-order chi connectivity index (χ1) is 6.29. The van der Waals surface area contributed by atoms with E-state index in [9.17, 15) is 4.79 Å². The third-order valence-corrected chi connectivity index (χ3v) is 2.55. The predicted octanol–water partition coefficient (Wildman–Crippen LogP) is 1.52. The number of hydrogen-bond donors (Lipinski definition) is 1. The average Bonchev–Trinajstić information content (AvgIpc) is 2.18. The number of likely N-dealkylation sites (tertiary alicyclic amines) is 1. The molecule has 0 aromatic rings. The molecule has 0 saturated carbocycles. The number of piperidine rings is 1. The highest BCUT2D eigenvalue weighted by atomic mass is 16.6. The Morgan fingerprint density at radius 1 is 1.62 bits per heavy atom. The molecular weight excluding hydrogens is 168 g/mol. The fraction of sp³-hybridized carbons (Fsp3) is 0.889. The summed E-state index contributed by atoms with van der Waals surface area (Å²) < 4.78 is 0. The Kier molecular flexibility index (Phi) is 4.02. The monoisotopic (exact) mass is 186 g/mol. The second-order valence-corrected chi connectivity index (χ2v) is 3.36. The molecule has 76 valence electrons. The van der Waals surface area contributed by atoms with Crippen LogP contribution in [-0.2, 0) is 4.84 Å². The number of carbonyl (C=O) groups excluding carboxylic acids is 1. The van der Waals surface area contributed by atoms with E-state index in [-0.39, 0.29) is 6.03 Å². The van der Waals surface area contributed by atoms with Crippen LogP contribution in [0, 0.1) is 0 Å². The Morgan fingerprint density at radius 3 is 3.00 bits per heavy atom. The van der Waals surface area contributed by atoms with Gasteiger partial charge in [0.25, 0.3) is 0 Å². The maximum Gasteiger partial charge on any atom is 0.341 e. The molecule has 1 atom stereocenters. The van der Waals surface area contributed by atoms with Crippen molar-refractivity contribution in [1.82, 2.24) is 10.4 Å². The third-order valence-electron chi connectivity index (χ3n) is 2.55. The van der Waals surface area contributed by atoms with Gasteiger partial charge in [-0.25, -0.2) is 10.3 Å². The molecule has 0 aromatic carbocycles. The van der Waals surface area contributed by atoms with Gasteiger partial charge in [-0.1, -0.05) is 6.92 Å². The number of rotatable bonds is 2. The van der Waals surface area contributed by atoms with Gasteiger partial charge in [0.2, 0.25) is 0 Å². The van der Waals surface area contributed by atoms with Crippen LogP contribution in [0.1, 0.15) is 32.6 Å². The molecule has 0 radical (unpaired) electrons. The van der Waals surface area contributed by atoms with Gasteiger partial charge in [-0.2, -0.15) is 0 Å². The summed E-state index contributed by atoms with van der Waals surface area (Å²) in [5.41, 5.74) is 2.37. The maximum absolute atomic E-state index is 11.5. The second-order valence-electron chi connectivity index (χ2n) is 3.36. The lowest BCUT2D eigenvalue weighted by molar-refractivity contribution is 0.0697. The summed E-state index contributed by atoms with van der Waals surface area (Å²) in [7, 11) is 1.46. The zero-order chi connectivity index (χ0) is 9.68. The van der Waals surface area contributed by atoms with Crippen LogP contribution >= 0.6 is 0 Å². The van der Waals surface area contributed by atoms with Gasteiger partial charge < -0.3 is 4.90 Å². The Morgan fingerprint density at radius 2 is 2.38 bits per heavy atom. The molecule has 1 saturated heterocycles. The van der Waals surface area contributed by atoms with Crippen molar-refractivity contribution in [2.45, 2.75) is 38.6 Å². The molecule has 13 heavy (non-hydrogen) atoms. The number of hydrogen-bond acceptors (Lipinski definition) is 2. The van der Waals surface area contributed by atoms with Crippen LogP contribution in [0.3, 0.4) is 0 Å². The van der Waals surface area contributed by atoms with E-state index in [1.54, 1.807) is 0 Å². The van der Waals surface area contributed by atoms with Crippen LogP contribution < -0.4 is 5.48 Å². The molecular formula is C9H18N2O2. The van der Waals surface area contributed by atoms with E-state index in [0.29, 0.717) is 6.04 Å². The van der Waals surface area contributed by atoms with Crippen molar-refractivity contribution in [3.8, 4) is 0 Å². The van der Waals surface area contributed by atoms with E-state index >= 15 is 0 Å². The van der Waals surface area contributed by atoms with Crippen molar-refractivity contribution in [3.63, 3.8) is 0 Å². The van der Waals surface area contributed by atoms with Crippen LogP contribution in [0.15, 0.2) is 0 Å². The molecule has 1 aliphatic rings. The van der Waals surface area contributed by atoms with Gasteiger partial charge in [0.05, 0.1) is 7.11 Å². The van der Waals surface area contributed by atoms with E-state index in [4.69, 9.17) is 0 Å². The molecule has 1 N–H and O–H groups in total. The number of urea groups is 1. The predicted molar refractivity (Wildman–Crippen MR) is 50.2 cm³/mol. The summed E-state index contributed by atoms with van der Waals surface area (Å²) in [6, 6.07) is 0.290. The van der Waals surface area contributed by atoms with Crippen molar-refractivity contribution in [2.24, 2.45) is 0 Å². The van der Waals surface area contributed by atoms with E-state index < -0.39 is 0 Å². The third kappa shape index (κ3) is 2.59. The lowest BCUT2D eigenvalue weighted by Crippen LogP contribution is -2.48. The van der Waals surface area contributed by atoms with E-state index in [2.05, 4.69) is 17.2 Å². The highest BCUT2D eigenvalue weighted by molar-refractivity contribution is 5.73. The summed E-state index contributed by atoms with van der Waals surface area (Å²) in [5.74, 6) is 0. The molecule has 1 rings (SSSR count). The summed E-state index contributed by atoms with van der Waals surface area (Å²) in [4.78, 5) is 17.9. The SMILES string of the molecule is CCC1CCCCN1C(=O)NOC. The second kappa shape index (κ2) is 5.07. The lowest BCUT2D eigenvalue weighted by atomic mass is 10.0. The molecule has 2 amide bonds. The first-order valence-electron chi connectivity index (χ1n) is 4.89. The summed E-state index contributed by atoms with van der Waals surface area (Å²) in [6.07, 6.45) is 4.48. The normalized spacial score (nSPS) is 22.9. The molecule has 0 spiro atoms. The minimum Gasteiger partial charge on any atom is -0.320 e. The van der Waals surface area contributed by atoms with Gasteiger partial charge in [-0.15, -0.1) is 0 Å². The lowest BCUT2D eigenvalue weighted by Gasteiger charge is -2.34. The van der Waals surface area contributed by atoms with Crippen molar-refractivity contribution in [3.05, 3.63) is 0 Å². The van der Waals surface area contributed by atoms with Gasteiger partial charge in [0.1, 0.15) is 0 Å². The maximum atomic E-state index is 11.5. The van der Waals surface area contributed by atoms with Gasteiger partial charge in [0.15, 0.2) is 0 Å². The largest absolute Gasteiger partial charge is 0.341 e. The molecule has 0 aliphatic carbocycles. The van der Waals surface area contributed by atoms with Gasteiger partial charge in [0, 0.05) is 12.6 Å². The molecule has 4 heteroatoms. The smallest absolute Gasteiger partial charge is 0.320 e. The van der Waals surface area contributed by atoms with Gasteiger partial charge in [-0.05, 0) is 25.7 Å². The Labute approximate surface area is 79.2 Å². The minimum absolute atomic E-state index is 0.103. The average molecular weight is 186 g/mol. The zero-order valence-corrected chi connectivity index (χ0v) is 8.38. The van der Waals surface area contributed by atoms with Crippen molar-refractivity contribution >= 4 is 6.03 Å². The fourth-order valence-corrected chi connectivity index (χ4v) is 1.84. The van der Waals surface area contributed by atoms with Gasteiger partial charge in [-0.3, -0.25) is 4.84 Å². The van der Waals surface area contributed by atoms with Crippen molar-refractivity contribution in [2.75, 3.05) is 13.7 Å². The molecule has 1 fully saturated rings. The number of nitrogens with zero attached hydrogens (tertiary/aromatic N) is 1. The summed E-state index contributed by atoms with van der Waals surface area (Å²) in [6.45, 7) is 2.97. The summed E-state index contributed by atoms with van der Waals surface area (Å²) >= 11 is 0. The molecule has 0 aromatic heterocycles. The highest BCUT2D eigenvalue weighted by Gasteiger charge is 2.24. The van der Waals surface area contributed by atoms with Crippen LogP contribution in [0.5, 0.6) is 0 Å². The summed E-state index contributed by atoms with van der Waals surface area (Å²) in [5, 5.41) is 0. The Hall–Kier alpha value is -0.770. The number of nitrogens with one attached hydrogen (secondary N) is 1. The van der Waals surface area contributed by atoms with Crippen molar-refractivity contribution < 1.29 is 9.63 Å². The van der Waals surface area contributed by atoms with Crippen molar-refractivity contribution in [1.29, 1.82) is 0 Å². The van der Waals surface area contributed by atoms with Gasteiger partial charge >= 0.3 is 6.03 Å². The minimum atomic E-state index is -0.103. The Bertz CT molecular complexity index is 173. The fourth-order valence-electron chi connectivity index (χ4n) is 1.84. The van der Waals surface area contributed by atoms with Crippen LogP contribution in [-0.4, -0.2) is 30.6 Å². The van der Waals surface area contributed by atoms with E-state index in [1.807, 2.05) is 4.90 Å². The standard InChI is InChI=1S/C9H18N2O2/c1-3-8-6-4-5-7-11(8)9(12)10-13-2/h8H,3-7H2,1-2H3,(H,10,12). The number of amides is 2. The van der Waals surface area contributed by atoms with Crippen LogP contribution in [0.25, 0.3) is 0 Å². The first kappa shape index (κ1) is 10.3. The quantitative estimate of drug-likeness (QED) is 0.664. The zero-order valence-electron chi connectivity index (χ0n) is 8.38. The topological polar surface area (TPSA) is 41.6 Å². The molecule has 1 heterocycles. The Balaban J connectivity index is 2.48. The molecule has 0 bridgehead atoms. The molecule has 4 nitrogen and oxygen atoms in total.